The van der Waals surface area contributed by atoms with Crippen LogP contribution < -0.4 is 10.6 Å². The van der Waals surface area contributed by atoms with Gasteiger partial charge in [0.25, 0.3) is 0 Å². The Bertz CT molecular complexity index is 1130. The van der Waals surface area contributed by atoms with E-state index in [9.17, 15) is 9.59 Å². The molecule has 8 heteroatoms. The van der Waals surface area contributed by atoms with Gasteiger partial charge in [0.2, 0.25) is 0 Å². The lowest BCUT2D eigenvalue weighted by atomic mass is 10.2. The summed E-state index contributed by atoms with van der Waals surface area (Å²) in [6.07, 6.45) is 2.02. The number of aromatic amines is 2. The van der Waals surface area contributed by atoms with Gasteiger partial charge in [0.05, 0.1) is 11.4 Å². The topological polar surface area (TPSA) is 108 Å². The maximum Gasteiger partial charge on any atom is 0.407 e. The smallest absolute Gasteiger partial charge is 0.407 e. The Kier molecular flexibility index (Phi) is 8.49. The second kappa shape index (κ2) is 12.2. The normalized spacial score (nSPS) is 12.8. The number of amides is 2. The number of carbonyl (C=O) groups excluding carboxylic acids is 2. The fraction of sp³-hybridized carbons (Fsp3) is 0.357. The Labute approximate surface area is 210 Å². The molecular formula is C28H34N4O4. The first kappa shape index (κ1) is 25.2. The molecule has 2 heterocycles. The van der Waals surface area contributed by atoms with E-state index in [4.69, 9.17) is 9.47 Å². The number of hydrogen-bond donors (Lipinski definition) is 4. The number of H-pyrrole nitrogens is 2. The second-order valence-corrected chi connectivity index (χ2v) is 8.99. The molecule has 4 rings (SSSR count). The number of benzene rings is 2. The van der Waals surface area contributed by atoms with E-state index in [2.05, 4.69) is 20.6 Å². The molecule has 0 aliphatic rings. The van der Waals surface area contributed by atoms with Crippen LogP contribution in [-0.4, -0.2) is 35.2 Å². The molecule has 0 radical (unpaired) electrons. The zero-order valence-corrected chi connectivity index (χ0v) is 20.8. The molecule has 8 nitrogen and oxygen atoms in total. The number of para-hydroxylation sites is 2. The van der Waals surface area contributed by atoms with Gasteiger partial charge in [-0.05, 0) is 61.7 Å². The maximum absolute atomic E-state index is 12.1. The molecule has 2 aromatic carbocycles. The van der Waals surface area contributed by atoms with Crippen molar-refractivity contribution in [3.8, 4) is 0 Å². The minimum absolute atomic E-state index is 0.359. The predicted octanol–water partition coefficient (Wildman–Crippen LogP) is 6.48. The standard InChI is InChI=1S/C28H34N4O4/c1-19(25-17-21-11-5-7-13-23(21)31-25)35-27(33)29-15-9-3-4-10-16-30-28(34)36-20(2)26-18-22-12-6-8-14-24(22)32-26/h5-8,11-14,17-20,31-32H,3-4,9-10,15-16H2,1-2H3,(H,29,33)(H,30,34). The third kappa shape index (κ3) is 6.81. The fourth-order valence-electron chi connectivity index (χ4n) is 4.15. The van der Waals surface area contributed by atoms with Gasteiger partial charge in [-0.25, -0.2) is 9.59 Å². The third-order valence-electron chi connectivity index (χ3n) is 6.19. The number of rotatable bonds is 11. The Morgan fingerprint density at radius 2 is 1.11 bits per heavy atom. The first-order valence-electron chi connectivity index (χ1n) is 12.5. The van der Waals surface area contributed by atoms with Gasteiger partial charge >= 0.3 is 12.2 Å². The van der Waals surface area contributed by atoms with Crippen molar-refractivity contribution in [2.45, 2.75) is 51.7 Å². The highest BCUT2D eigenvalue weighted by Crippen LogP contribution is 2.23. The van der Waals surface area contributed by atoms with Crippen LogP contribution in [0.25, 0.3) is 21.8 Å². The molecule has 2 atom stereocenters. The monoisotopic (exact) mass is 490 g/mol. The average Bonchev–Trinajstić information content (AvgIpc) is 3.50. The van der Waals surface area contributed by atoms with E-state index in [1.807, 2.05) is 74.5 Å². The van der Waals surface area contributed by atoms with Gasteiger partial charge in [-0.1, -0.05) is 49.2 Å². The van der Waals surface area contributed by atoms with Gasteiger partial charge in [-0.2, -0.15) is 0 Å². The van der Waals surface area contributed by atoms with Crippen LogP contribution >= 0.6 is 0 Å². The first-order chi connectivity index (χ1) is 17.5. The Morgan fingerprint density at radius 3 is 1.53 bits per heavy atom. The lowest BCUT2D eigenvalue weighted by Gasteiger charge is -2.13. The Balaban J connectivity index is 1.04. The summed E-state index contributed by atoms with van der Waals surface area (Å²) in [5.41, 5.74) is 3.78. The summed E-state index contributed by atoms with van der Waals surface area (Å²) < 4.78 is 10.9. The van der Waals surface area contributed by atoms with Crippen molar-refractivity contribution in [1.82, 2.24) is 20.6 Å². The fourth-order valence-corrected chi connectivity index (χ4v) is 4.15. The minimum atomic E-state index is -0.422. The van der Waals surface area contributed by atoms with Crippen LogP contribution in [0, 0.1) is 0 Å². The quantitative estimate of drug-likeness (QED) is 0.180. The molecule has 0 saturated heterocycles. The number of ether oxygens (including phenoxy) is 2. The summed E-state index contributed by atoms with van der Waals surface area (Å²) in [6, 6.07) is 19.9. The molecule has 0 aliphatic heterocycles. The zero-order valence-electron chi connectivity index (χ0n) is 20.8. The zero-order chi connectivity index (χ0) is 25.3. The Hall–Kier alpha value is -3.94. The van der Waals surface area contributed by atoms with Crippen LogP contribution in [0.4, 0.5) is 9.59 Å². The maximum atomic E-state index is 12.1. The van der Waals surface area contributed by atoms with Crippen LogP contribution in [0.2, 0.25) is 0 Å². The molecule has 2 aromatic heterocycles. The van der Waals surface area contributed by atoms with Crippen molar-refractivity contribution in [2.24, 2.45) is 0 Å². The molecule has 0 aliphatic carbocycles. The molecule has 0 saturated carbocycles. The van der Waals surface area contributed by atoms with Gasteiger partial charge < -0.3 is 30.1 Å². The molecule has 0 bridgehead atoms. The summed E-state index contributed by atoms with van der Waals surface area (Å²) in [4.78, 5) is 30.7. The van der Waals surface area contributed by atoms with Crippen molar-refractivity contribution >= 4 is 34.0 Å². The molecule has 4 aromatic rings. The molecule has 2 amide bonds. The summed E-state index contributed by atoms with van der Waals surface area (Å²) in [5, 5.41) is 7.80. The lowest BCUT2D eigenvalue weighted by Crippen LogP contribution is -2.27. The van der Waals surface area contributed by atoms with E-state index >= 15 is 0 Å². The molecule has 190 valence electrons. The number of unbranched alkanes of at least 4 members (excludes halogenated alkanes) is 3. The number of aromatic nitrogens is 2. The van der Waals surface area contributed by atoms with Crippen molar-refractivity contribution in [3.63, 3.8) is 0 Å². The highest BCUT2D eigenvalue weighted by molar-refractivity contribution is 5.81. The number of alkyl carbamates (subject to hydrolysis) is 2. The van der Waals surface area contributed by atoms with E-state index in [-0.39, 0.29) is 12.2 Å². The highest BCUT2D eigenvalue weighted by Gasteiger charge is 2.15. The van der Waals surface area contributed by atoms with Crippen LogP contribution in [-0.2, 0) is 9.47 Å². The predicted molar refractivity (Wildman–Crippen MR) is 141 cm³/mol. The largest absolute Gasteiger partial charge is 0.440 e. The molecule has 36 heavy (non-hydrogen) atoms. The van der Waals surface area contributed by atoms with Crippen LogP contribution in [0.15, 0.2) is 60.7 Å². The number of fused-ring (bicyclic) bond motifs is 2. The first-order valence-corrected chi connectivity index (χ1v) is 12.5. The SMILES string of the molecule is CC(OC(=O)NCCCCCCNC(=O)OC(C)c1cc2ccccc2[nH]1)c1cc2ccccc2[nH]1. The van der Waals surface area contributed by atoms with Crippen LogP contribution in [0.3, 0.4) is 0 Å². The summed E-state index contributed by atoms with van der Waals surface area (Å²) in [6.45, 7) is 4.80. The van der Waals surface area contributed by atoms with E-state index in [1.165, 1.54) is 0 Å². The van der Waals surface area contributed by atoms with E-state index in [0.29, 0.717) is 13.1 Å². The van der Waals surface area contributed by atoms with Gasteiger partial charge in [0.1, 0.15) is 12.2 Å². The van der Waals surface area contributed by atoms with Crippen LogP contribution in [0.5, 0.6) is 0 Å². The van der Waals surface area contributed by atoms with Crippen molar-refractivity contribution in [3.05, 3.63) is 72.1 Å². The van der Waals surface area contributed by atoms with E-state index < -0.39 is 12.2 Å². The number of nitrogens with one attached hydrogen (secondary N) is 4. The summed E-state index contributed by atoms with van der Waals surface area (Å²) in [5.74, 6) is 0. The van der Waals surface area contributed by atoms with Gasteiger partial charge in [0, 0.05) is 24.1 Å². The summed E-state index contributed by atoms with van der Waals surface area (Å²) >= 11 is 0. The average molecular weight is 491 g/mol. The molecule has 0 fully saturated rings. The lowest BCUT2D eigenvalue weighted by molar-refractivity contribution is 0.104. The van der Waals surface area contributed by atoms with E-state index in [1.54, 1.807) is 0 Å². The summed E-state index contributed by atoms with van der Waals surface area (Å²) in [7, 11) is 0. The molecule has 2 unspecified atom stereocenters. The van der Waals surface area contributed by atoms with Crippen LogP contribution in [0.1, 0.15) is 63.1 Å². The Morgan fingerprint density at radius 1 is 0.694 bits per heavy atom. The molecular weight excluding hydrogens is 456 g/mol. The van der Waals surface area contributed by atoms with Crippen molar-refractivity contribution in [2.75, 3.05) is 13.1 Å². The number of carbonyl (C=O) groups is 2. The second-order valence-electron chi connectivity index (χ2n) is 8.99. The number of hydrogen-bond acceptors (Lipinski definition) is 4. The van der Waals surface area contributed by atoms with Crippen molar-refractivity contribution in [1.29, 1.82) is 0 Å². The van der Waals surface area contributed by atoms with Gasteiger partial charge in [-0.15, -0.1) is 0 Å². The van der Waals surface area contributed by atoms with Gasteiger partial charge in [0.15, 0.2) is 0 Å². The van der Waals surface area contributed by atoms with Crippen molar-refractivity contribution < 1.29 is 19.1 Å². The third-order valence-corrected chi connectivity index (χ3v) is 6.19. The highest BCUT2D eigenvalue weighted by atomic mass is 16.6. The van der Waals surface area contributed by atoms with E-state index in [0.717, 1.165) is 58.9 Å². The minimum Gasteiger partial charge on any atom is -0.440 e. The molecule has 0 spiro atoms. The van der Waals surface area contributed by atoms with Gasteiger partial charge in [-0.3, -0.25) is 0 Å². The molecule has 4 N–H and O–H groups in total.